The van der Waals surface area contributed by atoms with E-state index >= 15 is 0 Å². The second kappa shape index (κ2) is 6.08. The fourth-order valence-corrected chi connectivity index (χ4v) is 2.52. The van der Waals surface area contributed by atoms with Gasteiger partial charge in [-0.25, -0.2) is 0 Å². The zero-order valence-corrected chi connectivity index (χ0v) is 13.4. The highest BCUT2D eigenvalue weighted by Crippen LogP contribution is 2.26. The van der Waals surface area contributed by atoms with Crippen LogP contribution in [0, 0.1) is 6.92 Å². The molecule has 0 fully saturated rings. The Balaban J connectivity index is 1.95. The molecule has 3 rings (SSSR count). The van der Waals surface area contributed by atoms with Crippen LogP contribution >= 0.6 is 0 Å². The molecular formula is C19H18N2O2. The van der Waals surface area contributed by atoms with E-state index in [-0.39, 0.29) is 5.91 Å². The highest BCUT2D eigenvalue weighted by molar-refractivity contribution is 6.32. The minimum Gasteiger partial charge on any atom is -0.497 e. The molecule has 0 unspecified atom stereocenters. The topological polar surface area (TPSA) is 41.9 Å². The Bertz CT molecular complexity index is 807. The van der Waals surface area contributed by atoms with Crippen LogP contribution in [-0.2, 0) is 4.79 Å². The Hall–Kier alpha value is -2.88. The maximum absolute atomic E-state index is 12.7. The van der Waals surface area contributed by atoms with Gasteiger partial charge in [-0.05, 0) is 55.3 Å². The van der Waals surface area contributed by atoms with Crippen LogP contribution < -0.4 is 9.75 Å². The van der Waals surface area contributed by atoms with Crippen molar-refractivity contribution in [3.8, 4) is 5.75 Å². The summed E-state index contributed by atoms with van der Waals surface area (Å²) >= 11 is 0. The molecule has 0 saturated heterocycles. The number of carbonyl (C=O) groups is 1. The maximum atomic E-state index is 12.7. The minimum atomic E-state index is -0.107. The van der Waals surface area contributed by atoms with Crippen LogP contribution in [0.4, 0.5) is 5.69 Å². The van der Waals surface area contributed by atoms with E-state index < -0.39 is 0 Å². The van der Waals surface area contributed by atoms with Gasteiger partial charge in [-0.2, -0.15) is 10.1 Å². The number of para-hydroxylation sites is 1. The monoisotopic (exact) mass is 306 g/mol. The summed E-state index contributed by atoms with van der Waals surface area (Å²) in [4.78, 5) is 12.7. The number of ether oxygens (including phenoxy) is 1. The Morgan fingerprint density at radius 2 is 1.83 bits per heavy atom. The number of hydrogen-bond donors (Lipinski definition) is 0. The zero-order chi connectivity index (χ0) is 16.4. The normalized spacial score (nSPS) is 16.0. The van der Waals surface area contributed by atoms with Crippen molar-refractivity contribution in [1.82, 2.24) is 0 Å². The van der Waals surface area contributed by atoms with Gasteiger partial charge in [0.15, 0.2) is 0 Å². The molecule has 0 saturated carbocycles. The van der Waals surface area contributed by atoms with E-state index in [2.05, 4.69) is 5.10 Å². The lowest BCUT2D eigenvalue weighted by Gasteiger charge is -2.11. The van der Waals surface area contributed by atoms with E-state index in [9.17, 15) is 4.79 Å². The molecular weight excluding hydrogens is 288 g/mol. The van der Waals surface area contributed by atoms with Crippen LogP contribution in [0.1, 0.15) is 18.1 Å². The van der Waals surface area contributed by atoms with Gasteiger partial charge in [0.05, 0.1) is 24.1 Å². The van der Waals surface area contributed by atoms with Crippen LogP contribution in [0.2, 0.25) is 0 Å². The van der Waals surface area contributed by atoms with Crippen LogP contribution in [0.25, 0.3) is 6.08 Å². The number of benzene rings is 2. The number of carbonyl (C=O) groups excluding carboxylic acids is 1. The molecule has 0 spiro atoms. The molecule has 0 N–H and O–H groups in total. The summed E-state index contributed by atoms with van der Waals surface area (Å²) < 4.78 is 5.22. The molecule has 0 atom stereocenters. The van der Waals surface area contributed by atoms with E-state index in [4.69, 9.17) is 4.74 Å². The summed E-state index contributed by atoms with van der Waals surface area (Å²) in [5.74, 6) is 0.697. The first kappa shape index (κ1) is 15.0. The van der Waals surface area contributed by atoms with E-state index in [1.165, 1.54) is 5.01 Å². The Morgan fingerprint density at radius 3 is 2.48 bits per heavy atom. The Morgan fingerprint density at radius 1 is 1.09 bits per heavy atom. The molecule has 116 valence electrons. The third-order valence-electron chi connectivity index (χ3n) is 3.84. The van der Waals surface area contributed by atoms with E-state index in [0.29, 0.717) is 11.3 Å². The van der Waals surface area contributed by atoms with Crippen molar-refractivity contribution in [1.29, 1.82) is 0 Å². The molecule has 1 amide bonds. The maximum Gasteiger partial charge on any atom is 0.280 e. The van der Waals surface area contributed by atoms with E-state index in [0.717, 1.165) is 22.6 Å². The standard InChI is InChI=1S/C19H18N2O2/c1-13-11-17(23-3)10-9-15(13)12-18-14(2)20-21(19(18)22)16-7-5-4-6-8-16/h4-12H,1-3H3/b18-12+. The first-order valence-corrected chi connectivity index (χ1v) is 7.41. The summed E-state index contributed by atoms with van der Waals surface area (Å²) in [6, 6.07) is 15.2. The van der Waals surface area contributed by atoms with Crippen molar-refractivity contribution in [3.63, 3.8) is 0 Å². The van der Waals surface area contributed by atoms with Crippen molar-refractivity contribution in [2.24, 2.45) is 5.10 Å². The number of hydrazone groups is 1. The number of aryl methyl sites for hydroxylation is 1. The smallest absolute Gasteiger partial charge is 0.280 e. The van der Waals surface area contributed by atoms with Crippen molar-refractivity contribution in [2.45, 2.75) is 13.8 Å². The first-order valence-electron chi connectivity index (χ1n) is 7.41. The highest BCUT2D eigenvalue weighted by atomic mass is 16.5. The molecule has 4 nitrogen and oxygen atoms in total. The number of hydrogen-bond acceptors (Lipinski definition) is 3. The quantitative estimate of drug-likeness (QED) is 0.809. The van der Waals surface area contributed by atoms with Gasteiger partial charge in [-0.15, -0.1) is 0 Å². The molecule has 0 aliphatic carbocycles. The van der Waals surface area contributed by atoms with E-state index in [1.807, 2.05) is 68.5 Å². The molecule has 4 heteroatoms. The molecule has 0 radical (unpaired) electrons. The molecule has 1 aliphatic heterocycles. The summed E-state index contributed by atoms with van der Waals surface area (Å²) in [5, 5.41) is 5.83. The van der Waals surface area contributed by atoms with E-state index in [1.54, 1.807) is 7.11 Å². The molecule has 0 aromatic heterocycles. The fourth-order valence-electron chi connectivity index (χ4n) is 2.52. The largest absolute Gasteiger partial charge is 0.497 e. The number of amides is 1. The summed E-state index contributed by atoms with van der Waals surface area (Å²) in [6.07, 6.45) is 1.89. The first-order chi connectivity index (χ1) is 11.1. The van der Waals surface area contributed by atoms with Gasteiger partial charge in [0.25, 0.3) is 5.91 Å². The molecule has 1 heterocycles. The summed E-state index contributed by atoms with van der Waals surface area (Å²) in [7, 11) is 1.64. The zero-order valence-electron chi connectivity index (χ0n) is 13.4. The number of rotatable bonds is 3. The molecule has 1 aliphatic rings. The number of anilines is 1. The number of nitrogens with zero attached hydrogens (tertiary/aromatic N) is 2. The lowest BCUT2D eigenvalue weighted by molar-refractivity contribution is -0.114. The van der Waals surface area contributed by atoms with Gasteiger partial charge in [-0.1, -0.05) is 24.3 Å². The minimum absolute atomic E-state index is 0.107. The van der Waals surface area contributed by atoms with Gasteiger partial charge in [0.1, 0.15) is 5.75 Å². The molecule has 2 aromatic rings. The summed E-state index contributed by atoms with van der Waals surface area (Å²) in [6.45, 7) is 3.85. The van der Waals surface area contributed by atoms with Crippen molar-refractivity contribution < 1.29 is 9.53 Å². The summed E-state index contributed by atoms with van der Waals surface area (Å²) in [5.41, 5.74) is 4.14. The van der Waals surface area contributed by atoms with Crippen LogP contribution in [0.15, 0.2) is 59.2 Å². The predicted octanol–water partition coefficient (Wildman–Crippen LogP) is 3.81. The van der Waals surface area contributed by atoms with Gasteiger partial charge >= 0.3 is 0 Å². The van der Waals surface area contributed by atoms with Crippen LogP contribution in [0.3, 0.4) is 0 Å². The lowest BCUT2D eigenvalue weighted by atomic mass is 10.0. The predicted molar refractivity (Wildman–Crippen MR) is 92.7 cm³/mol. The highest BCUT2D eigenvalue weighted by Gasteiger charge is 2.28. The Kier molecular flexibility index (Phi) is 3.98. The fraction of sp³-hybridized carbons (Fsp3) is 0.158. The third-order valence-corrected chi connectivity index (χ3v) is 3.84. The van der Waals surface area contributed by atoms with Crippen molar-refractivity contribution in [2.75, 3.05) is 12.1 Å². The number of methoxy groups -OCH3 is 1. The molecule has 0 bridgehead atoms. The van der Waals surface area contributed by atoms with Gasteiger partial charge < -0.3 is 4.74 Å². The van der Waals surface area contributed by atoms with Crippen LogP contribution in [0.5, 0.6) is 5.75 Å². The third kappa shape index (κ3) is 2.88. The van der Waals surface area contributed by atoms with Crippen molar-refractivity contribution >= 4 is 23.4 Å². The lowest BCUT2D eigenvalue weighted by Crippen LogP contribution is -2.21. The van der Waals surface area contributed by atoms with Crippen molar-refractivity contribution in [3.05, 3.63) is 65.2 Å². The average molecular weight is 306 g/mol. The molecule has 2 aromatic carbocycles. The Labute approximate surface area is 135 Å². The average Bonchev–Trinajstić information content (AvgIpc) is 2.85. The second-order valence-electron chi connectivity index (χ2n) is 5.42. The molecule has 23 heavy (non-hydrogen) atoms. The van der Waals surface area contributed by atoms with Gasteiger partial charge in [0.2, 0.25) is 0 Å². The SMILES string of the molecule is COc1ccc(/C=C2/C(=O)N(c3ccccc3)N=C2C)c(C)c1. The van der Waals surface area contributed by atoms with Gasteiger partial charge in [0, 0.05) is 0 Å². The van der Waals surface area contributed by atoms with Gasteiger partial charge in [-0.3, -0.25) is 4.79 Å². The second-order valence-corrected chi connectivity index (χ2v) is 5.42. The van der Waals surface area contributed by atoms with Crippen LogP contribution in [-0.4, -0.2) is 18.7 Å².